The topological polar surface area (TPSA) is 15.3 Å². The van der Waals surface area contributed by atoms with Gasteiger partial charge in [0, 0.05) is 31.5 Å². The van der Waals surface area contributed by atoms with Gasteiger partial charge in [0.05, 0.1) is 0 Å². The molecule has 1 saturated carbocycles. The molecule has 3 atom stereocenters. The molecule has 0 aromatic carbocycles. The van der Waals surface area contributed by atoms with Gasteiger partial charge in [-0.3, -0.25) is 4.90 Å². The van der Waals surface area contributed by atoms with E-state index < -0.39 is 5.92 Å². The molecule has 2 saturated heterocycles. The number of halogens is 2. The van der Waals surface area contributed by atoms with Gasteiger partial charge >= 0.3 is 0 Å². The second kappa shape index (κ2) is 5.04. The van der Waals surface area contributed by atoms with Gasteiger partial charge in [-0.05, 0) is 51.1 Å². The van der Waals surface area contributed by atoms with Crippen LogP contribution in [-0.4, -0.2) is 42.5 Å². The monoisotopic (exact) mass is 258 g/mol. The Morgan fingerprint density at radius 3 is 2.72 bits per heavy atom. The molecule has 0 spiro atoms. The molecule has 1 aliphatic carbocycles. The molecule has 3 fully saturated rings. The van der Waals surface area contributed by atoms with Gasteiger partial charge in [0.2, 0.25) is 5.92 Å². The number of nitrogens with one attached hydrogen (secondary N) is 1. The van der Waals surface area contributed by atoms with E-state index in [-0.39, 0.29) is 18.8 Å². The second-order valence-electron chi connectivity index (χ2n) is 6.37. The van der Waals surface area contributed by atoms with Gasteiger partial charge in [0.15, 0.2) is 0 Å². The Bertz CT molecular complexity index is 290. The average molecular weight is 258 g/mol. The lowest BCUT2D eigenvalue weighted by molar-refractivity contribution is 0.00303. The summed E-state index contributed by atoms with van der Waals surface area (Å²) in [4.78, 5) is 2.50. The Morgan fingerprint density at radius 2 is 2.06 bits per heavy atom. The summed E-state index contributed by atoms with van der Waals surface area (Å²) < 4.78 is 26.5. The second-order valence-corrected chi connectivity index (χ2v) is 6.37. The van der Waals surface area contributed by atoms with Crippen LogP contribution < -0.4 is 5.32 Å². The first kappa shape index (κ1) is 12.8. The summed E-state index contributed by atoms with van der Waals surface area (Å²) in [6.07, 6.45) is 5.98. The van der Waals surface area contributed by atoms with Crippen LogP contribution in [0.3, 0.4) is 0 Å². The number of nitrogens with zero attached hydrogens (tertiary/aromatic N) is 1. The molecule has 3 aliphatic rings. The van der Waals surface area contributed by atoms with Crippen molar-refractivity contribution in [3.8, 4) is 0 Å². The van der Waals surface area contributed by atoms with E-state index in [1.165, 1.54) is 25.7 Å². The summed E-state index contributed by atoms with van der Waals surface area (Å²) >= 11 is 0. The maximum atomic E-state index is 13.2. The maximum Gasteiger partial charge on any atom is 0.248 e. The van der Waals surface area contributed by atoms with Crippen molar-refractivity contribution in [1.29, 1.82) is 0 Å². The first-order valence-corrected chi connectivity index (χ1v) is 7.49. The lowest BCUT2D eigenvalue weighted by Gasteiger charge is -2.31. The molecule has 0 amide bonds. The van der Waals surface area contributed by atoms with Crippen molar-refractivity contribution in [2.75, 3.05) is 19.6 Å². The zero-order chi connectivity index (χ0) is 12.6. The molecule has 3 unspecified atom stereocenters. The van der Waals surface area contributed by atoms with Gasteiger partial charge in [-0.25, -0.2) is 8.78 Å². The largest absolute Gasteiger partial charge is 0.312 e. The van der Waals surface area contributed by atoms with Gasteiger partial charge in [-0.15, -0.1) is 0 Å². The molecule has 18 heavy (non-hydrogen) atoms. The number of hydrogen-bond acceptors (Lipinski definition) is 2. The van der Waals surface area contributed by atoms with E-state index in [4.69, 9.17) is 0 Å². The van der Waals surface area contributed by atoms with Crippen LogP contribution in [-0.2, 0) is 0 Å². The van der Waals surface area contributed by atoms with Crippen molar-refractivity contribution >= 4 is 0 Å². The van der Waals surface area contributed by atoms with Crippen molar-refractivity contribution < 1.29 is 8.78 Å². The summed E-state index contributed by atoms with van der Waals surface area (Å²) in [6, 6.07) is 1.23. The molecule has 3 rings (SSSR count). The highest BCUT2D eigenvalue weighted by Gasteiger charge is 2.41. The van der Waals surface area contributed by atoms with Crippen molar-refractivity contribution in [3.05, 3.63) is 0 Å². The molecule has 2 nitrogen and oxygen atoms in total. The van der Waals surface area contributed by atoms with Crippen LogP contribution in [0.5, 0.6) is 0 Å². The average Bonchev–Trinajstić information content (AvgIpc) is 2.99. The summed E-state index contributed by atoms with van der Waals surface area (Å²) in [6.45, 7) is 3.15. The lowest BCUT2D eigenvalue weighted by Crippen LogP contribution is -2.45. The third kappa shape index (κ3) is 2.69. The van der Waals surface area contributed by atoms with Crippen LogP contribution >= 0.6 is 0 Å². The first-order chi connectivity index (χ1) is 8.64. The fourth-order valence-electron chi connectivity index (χ4n) is 4.10. The molecule has 0 bridgehead atoms. The predicted octanol–water partition coefficient (Wildman–Crippen LogP) is 2.64. The zero-order valence-electron chi connectivity index (χ0n) is 11.0. The van der Waals surface area contributed by atoms with Crippen molar-refractivity contribution in [2.24, 2.45) is 5.92 Å². The van der Waals surface area contributed by atoms with Crippen molar-refractivity contribution in [3.63, 3.8) is 0 Å². The molecular formula is C14H24F2N2. The van der Waals surface area contributed by atoms with Gasteiger partial charge in [-0.2, -0.15) is 0 Å². The molecule has 2 heterocycles. The summed E-state index contributed by atoms with van der Waals surface area (Å²) in [5, 5.41) is 3.58. The quantitative estimate of drug-likeness (QED) is 0.837. The highest BCUT2D eigenvalue weighted by Crippen LogP contribution is 2.40. The molecule has 4 heteroatoms. The lowest BCUT2D eigenvalue weighted by atomic mass is 10.0. The van der Waals surface area contributed by atoms with E-state index in [9.17, 15) is 8.78 Å². The van der Waals surface area contributed by atoms with Crippen molar-refractivity contribution in [2.45, 2.75) is 63.0 Å². The number of rotatable bonds is 3. The van der Waals surface area contributed by atoms with Gasteiger partial charge in [0.25, 0.3) is 0 Å². The SMILES string of the molecule is FC1(F)CCC(CN2CCCC2C2CCCN2)C1. The molecule has 1 N–H and O–H groups in total. The highest BCUT2D eigenvalue weighted by molar-refractivity contribution is 4.94. The predicted molar refractivity (Wildman–Crippen MR) is 67.9 cm³/mol. The normalized spacial score (nSPS) is 40.7. The Balaban J connectivity index is 1.55. The Kier molecular flexibility index (Phi) is 3.59. The third-order valence-electron chi connectivity index (χ3n) is 4.98. The fourth-order valence-corrected chi connectivity index (χ4v) is 4.10. The van der Waals surface area contributed by atoms with Crippen LogP contribution in [0.25, 0.3) is 0 Å². The van der Waals surface area contributed by atoms with Gasteiger partial charge in [0.1, 0.15) is 0 Å². The highest BCUT2D eigenvalue weighted by atomic mass is 19.3. The van der Waals surface area contributed by atoms with Crippen LogP contribution in [0.2, 0.25) is 0 Å². The molecule has 0 aromatic heterocycles. The zero-order valence-corrected chi connectivity index (χ0v) is 11.0. The Hall–Kier alpha value is -0.220. The maximum absolute atomic E-state index is 13.2. The minimum absolute atomic E-state index is 0.109. The van der Waals surface area contributed by atoms with Crippen LogP contribution in [0, 0.1) is 5.92 Å². The summed E-state index contributed by atoms with van der Waals surface area (Å²) in [5.74, 6) is -2.16. The summed E-state index contributed by atoms with van der Waals surface area (Å²) in [5.41, 5.74) is 0. The van der Waals surface area contributed by atoms with Crippen molar-refractivity contribution in [1.82, 2.24) is 10.2 Å². The Morgan fingerprint density at radius 1 is 1.17 bits per heavy atom. The first-order valence-electron chi connectivity index (χ1n) is 7.49. The van der Waals surface area contributed by atoms with Gasteiger partial charge in [-0.1, -0.05) is 0 Å². The van der Waals surface area contributed by atoms with Gasteiger partial charge < -0.3 is 5.32 Å². The van der Waals surface area contributed by atoms with E-state index in [1.807, 2.05) is 0 Å². The standard InChI is InChI=1S/C14H24F2N2/c15-14(16)6-5-11(9-14)10-18-8-2-4-13(18)12-3-1-7-17-12/h11-13,17H,1-10H2. The Labute approximate surface area is 108 Å². The number of hydrogen-bond donors (Lipinski definition) is 1. The van der Waals surface area contributed by atoms with E-state index >= 15 is 0 Å². The minimum atomic E-state index is -2.38. The molecule has 0 aromatic rings. The van der Waals surface area contributed by atoms with E-state index in [1.54, 1.807) is 0 Å². The number of alkyl halides is 2. The van der Waals surface area contributed by atoms with E-state index in [0.29, 0.717) is 18.5 Å². The van der Waals surface area contributed by atoms with Crippen LogP contribution in [0.15, 0.2) is 0 Å². The minimum Gasteiger partial charge on any atom is -0.312 e. The number of likely N-dealkylation sites (tertiary alicyclic amines) is 1. The van der Waals surface area contributed by atoms with Crippen LogP contribution in [0.4, 0.5) is 8.78 Å². The fraction of sp³-hybridized carbons (Fsp3) is 1.00. The van der Waals surface area contributed by atoms with E-state index in [2.05, 4.69) is 10.2 Å². The van der Waals surface area contributed by atoms with E-state index in [0.717, 1.165) is 19.6 Å². The summed E-state index contributed by atoms with van der Waals surface area (Å²) in [7, 11) is 0. The molecule has 0 radical (unpaired) electrons. The smallest absolute Gasteiger partial charge is 0.248 e. The molecule has 104 valence electrons. The third-order valence-corrected chi connectivity index (χ3v) is 4.98. The van der Waals surface area contributed by atoms with Crippen LogP contribution in [0.1, 0.15) is 44.9 Å². The molecular weight excluding hydrogens is 234 g/mol. The molecule has 2 aliphatic heterocycles.